The number of carbonyl (C=O) groups is 1. The van der Waals surface area contributed by atoms with E-state index in [2.05, 4.69) is 25.7 Å². The fraction of sp³-hybridized carbons (Fsp3) is 0.125. The molecule has 0 unspecified atom stereocenters. The summed E-state index contributed by atoms with van der Waals surface area (Å²) in [6.45, 7) is 0.955. The third kappa shape index (κ3) is 3.88. The van der Waals surface area contributed by atoms with Crippen LogP contribution in [-0.4, -0.2) is 38.7 Å². The third-order valence-electron chi connectivity index (χ3n) is 3.23. The molecule has 0 saturated carbocycles. The van der Waals surface area contributed by atoms with Crippen LogP contribution in [0.1, 0.15) is 10.4 Å². The second kappa shape index (κ2) is 7.56. The number of hydrogen-bond acceptors (Lipinski definition) is 5. The molecule has 0 aliphatic rings. The quantitative estimate of drug-likeness (QED) is 0.670. The van der Waals surface area contributed by atoms with Crippen LogP contribution in [0.3, 0.4) is 0 Å². The lowest BCUT2D eigenvalue weighted by atomic mass is 10.2. The molecular weight excluding hydrogens is 328 g/mol. The molecule has 2 heterocycles. The van der Waals surface area contributed by atoms with Gasteiger partial charge >= 0.3 is 0 Å². The normalized spacial score (nSPS) is 10.4. The van der Waals surface area contributed by atoms with E-state index in [0.717, 1.165) is 0 Å². The van der Waals surface area contributed by atoms with E-state index in [1.54, 1.807) is 47.4 Å². The van der Waals surface area contributed by atoms with Crippen LogP contribution in [0.2, 0.25) is 5.02 Å². The molecule has 3 rings (SSSR count). The van der Waals surface area contributed by atoms with E-state index in [0.29, 0.717) is 35.3 Å². The highest BCUT2D eigenvalue weighted by molar-refractivity contribution is 6.33. The number of halogens is 1. The molecule has 3 aromatic rings. The third-order valence-corrected chi connectivity index (χ3v) is 3.56. The van der Waals surface area contributed by atoms with Crippen molar-refractivity contribution < 1.29 is 4.79 Å². The first-order chi connectivity index (χ1) is 11.7. The molecule has 0 bridgehead atoms. The monoisotopic (exact) mass is 342 g/mol. The van der Waals surface area contributed by atoms with Crippen LogP contribution in [0, 0.1) is 0 Å². The number of rotatable bonds is 6. The van der Waals surface area contributed by atoms with Crippen molar-refractivity contribution in [2.45, 2.75) is 0 Å². The summed E-state index contributed by atoms with van der Waals surface area (Å²) in [5, 5.41) is 10.5. The van der Waals surface area contributed by atoms with Gasteiger partial charge in [-0.3, -0.25) is 4.79 Å². The maximum absolute atomic E-state index is 12.0. The Bertz CT molecular complexity index is 821. The van der Waals surface area contributed by atoms with Gasteiger partial charge in [-0.05, 0) is 18.2 Å². The Balaban J connectivity index is 1.51. The van der Waals surface area contributed by atoms with E-state index >= 15 is 0 Å². The van der Waals surface area contributed by atoms with Gasteiger partial charge in [-0.1, -0.05) is 23.7 Å². The van der Waals surface area contributed by atoms with Gasteiger partial charge < -0.3 is 10.6 Å². The second-order valence-electron chi connectivity index (χ2n) is 4.87. The van der Waals surface area contributed by atoms with Crippen LogP contribution < -0.4 is 10.6 Å². The number of carbonyl (C=O) groups excluding carboxylic acids is 1. The summed E-state index contributed by atoms with van der Waals surface area (Å²) in [6.07, 6.45) is 4.94. The van der Waals surface area contributed by atoms with Crippen molar-refractivity contribution in [3.05, 3.63) is 65.7 Å². The van der Waals surface area contributed by atoms with Crippen molar-refractivity contribution in [3.63, 3.8) is 0 Å². The first-order valence-electron chi connectivity index (χ1n) is 7.33. The number of anilines is 1. The maximum Gasteiger partial charge on any atom is 0.252 e. The Morgan fingerprint density at radius 1 is 1.17 bits per heavy atom. The van der Waals surface area contributed by atoms with Crippen molar-refractivity contribution in [2.75, 3.05) is 18.4 Å². The van der Waals surface area contributed by atoms with Crippen LogP contribution in [0.15, 0.2) is 55.1 Å². The SMILES string of the molecule is O=C(NCCNc1cc(-n2cccn2)ncn1)c1ccccc1Cl. The van der Waals surface area contributed by atoms with Gasteiger partial charge in [0.05, 0.1) is 10.6 Å². The lowest BCUT2D eigenvalue weighted by molar-refractivity contribution is 0.0955. The van der Waals surface area contributed by atoms with Crippen LogP contribution in [0.5, 0.6) is 0 Å². The molecule has 0 radical (unpaired) electrons. The van der Waals surface area contributed by atoms with Crippen LogP contribution in [-0.2, 0) is 0 Å². The molecule has 0 saturated heterocycles. The van der Waals surface area contributed by atoms with Gasteiger partial charge in [0.25, 0.3) is 5.91 Å². The van der Waals surface area contributed by atoms with Crippen LogP contribution in [0.25, 0.3) is 5.82 Å². The molecule has 122 valence electrons. The van der Waals surface area contributed by atoms with E-state index in [4.69, 9.17) is 11.6 Å². The topological polar surface area (TPSA) is 84.7 Å². The minimum absolute atomic E-state index is 0.206. The summed E-state index contributed by atoms with van der Waals surface area (Å²) in [5.74, 6) is 1.11. The van der Waals surface area contributed by atoms with Crippen molar-refractivity contribution in [1.82, 2.24) is 25.1 Å². The Morgan fingerprint density at radius 2 is 2.04 bits per heavy atom. The van der Waals surface area contributed by atoms with Crippen molar-refractivity contribution in [2.24, 2.45) is 0 Å². The molecule has 24 heavy (non-hydrogen) atoms. The van der Waals surface area contributed by atoms with E-state index in [-0.39, 0.29) is 5.91 Å². The molecule has 0 spiro atoms. The zero-order chi connectivity index (χ0) is 16.8. The van der Waals surface area contributed by atoms with Crippen LogP contribution >= 0.6 is 11.6 Å². The first kappa shape index (κ1) is 15.9. The van der Waals surface area contributed by atoms with Crippen molar-refractivity contribution in [3.8, 4) is 5.82 Å². The number of benzene rings is 1. The average Bonchev–Trinajstić information content (AvgIpc) is 3.14. The van der Waals surface area contributed by atoms with Gasteiger partial charge in [-0.25, -0.2) is 14.6 Å². The molecular formula is C16H15ClN6O. The van der Waals surface area contributed by atoms with Crippen molar-refractivity contribution >= 4 is 23.3 Å². The molecule has 0 fully saturated rings. The van der Waals surface area contributed by atoms with Gasteiger partial charge in [0.15, 0.2) is 5.82 Å². The number of aromatic nitrogens is 4. The van der Waals surface area contributed by atoms with E-state index in [1.165, 1.54) is 6.33 Å². The molecule has 2 aromatic heterocycles. The lowest BCUT2D eigenvalue weighted by Crippen LogP contribution is -2.29. The smallest absolute Gasteiger partial charge is 0.252 e. The van der Waals surface area contributed by atoms with E-state index < -0.39 is 0 Å². The highest BCUT2D eigenvalue weighted by Crippen LogP contribution is 2.14. The molecule has 7 nitrogen and oxygen atoms in total. The van der Waals surface area contributed by atoms with Gasteiger partial charge in [-0.15, -0.1) is 0 Å². The summed E-state index contributed by atoms with van der Waals surface area (Å²) in [7, 11) is 0. The lowest BCUT2D eigenvalue weighted by Gasteiger charge is -2.09. The Labute approximate surface area is 143 Å². The summed E-state index contributed by atoms with van der Waals surface area (Å²) in [4.78, 5) is 20.3. The summed E-state index contributed by atoms with van der Waals surface area (Å²) < 4.78 is 1.64. The van der Waals surface area contributed by atoms with Gasteiger partial charge in [0, 0.05) is 31.5 Å². The van der Waals surface area contributed by atoms with Gasteiger partial charge in [-0.2, -0.15) is 5.10 Å². The fourth-order valence-electron chi connectivity index (χ4n) is 2.08. The summed E-state index contributed by atoms with van der Waals surface area (Å²) in [5.41, 5.74) is 0.460. The Morgan fingerprint density at radius 3 is 2.83 bits per heavy atom. The number of nitrogens with zero attached hydrogens (tertiary/aromatic N) is 4. The molecule has 0 aliphatic heterocycles. The largest absolute Gasteiger partial charge is 0.368 e. The fourth-order valence-corrected chi connectivity index (χ4v) is 2.30. The Kier molecular flexibility index (Phi) is 5.02. The predicted molar refractivity (Wildman–Crippen MR) is 91.4 cm³/mol. The minimum atomic E-state index is -0.206. The molecule has 0 aliphatic carbocycles. The molecule has 8 heteroatoms. The standard InChI is InChI=1S/C16H15ClN6O/c17-13-5-2-1-4-12(13)16(24)19-8-7-18-14-10-15(21-11-20-14)23-9-3-6-22-23/h1-6,9-11H,7-8H2,(H,19,24)(H,18,20,21). The van der Waals surface area contributed by atoms with E-state index in [1.807, 2.05) is 6.07 Å². The van der Waals surface area contributed by atoms with Gasteiger partial charge in [0.2, 0.25) is 0 Å². The number of amides is 1. The minimum Gasteiger partial charge on any atom is -0.368 e. The highest BCUT2D eigenvalue weighted by Gasteiger charge is 2.08. The predicted octanol–water partition coefficient (Wildman–Crippen LogP) is 2.16. The number of hydrogen-bond donors (Lipinski definition) is 2. The van der Waals surface area contributed by atoms with Crippen molar-refractivity contribution in [1.29, 1.82) is 0 Å². The second-order valence-corrected chi connectivity index (χ2v) is 5.28. The molecule has 1 amide bonds. The maximum atomic E-state index is 12.0. The molecule has 2 N–H and O–H groups in total. The zero-order valence-electron chi connectivity index (χ0n) is 12.7. The summed E-state index contributed by atoms with van der Waals surface area (Å²) in [6, 6.07) is 10.5. The van der Waals surface area contributed by atoms with E-state index in [9.17, 15) is 4.79 Å². The summed E-state index contributed by atoms with van der Waals surface area (Å²) >= 11 is 5.99. The Hall–Kier alpha value is -2.93. The first-order valence-corrected chi connectivity index (χ1v) is 7.70. The molecule has 1 aromatic carbocycles. The average molecular weight is 343 g/mol. The number of nitrogens with one attached hydrogen (secondary N) is 2. The zero-order valence-corrected chi connectivity index (χ0v) is 13.4. The molecule has 0 atom stereocenters. The van der Waals surface area contributed by atoms with Gasteiger partial charge in [0.1, 0.15) is 12.1 Å². The highest BCUT2D eigenvalue weighted by atomic mass is 35.5. The van der Waals surface area contributed by atoms with Crippen LogP contribution in [0.4, 0.5) is 5.82 Å².